The van der Waals surface area contributed by atoms with Gasteiger partial charge in [0.1, 0.15) is 5.75 Å². The number of nitrogens with zero attached hydrogens (tertiary/aromatic N) is 3. The van der Waals surface area contributed by atoms with Gasteiger partial charge in [0.25, 0.3) is 5.91 Å². The first-order valence-electron chi connectivity index (χ1n) is 7.27. The monoisotopic (exact) mass is 308 g/mol. The topological polar surface area (TPSA) is 69.0 Å². The summed E-state index contributed by atoms with van der Waals surface area (Å²) in [6.45, 7) is 2.43. The lowest BCUT2D eigenvalue weighted by Crippen LogP contribution is -2.13. The van der Waals surface area contributed by atoms with E-state index < -0.39 is 0 Å². The molecule has 0 spiro atoms. The second kappa shape index (κ2) is 6.74. The molecule has 0 fully saturated rings. The van der Waals surface area contributed by atoms with Gasteiger partial charge in [-0.15, -0.1) is 0 Å². The van der Waals surface area contributed by atoms with Gasteiger partial charge in [-0.3, -0.25) is 4.79 Å². The Morgan fingerprint density at radius 2 is 2.09 bits per heavy atom. The van der Waals surface area contributed by atoms with E-state index >= 15 is 0 Å². The van der Waals surface area contributed by atoms with E-state index in [-0.39, 0.29) is 5.91 Å². The molecule has 2 aromatic heterocycles. The Balaban J connectivity index is 1.76. The highest BCUT2D eigenvalue weighted by molar-refractivity contribution is 6.04. The Morgan fingerprint density at radius 1 is 1.22 bits per heavy atom. The third kappa shape index (κ3) is 3.37. The maximum absolute atomic E-state index is 12.3. The highest BCUT2D eigenvalue weighted by atomic mass is 16.5. The maximum Gasteiger partial charge on any atom is 0.257 e. The molecule has 1 aromatic carbocycles. The first kappa shape index (κ1) is 14.8. The van der Waals surface area contributed by atoms with E-state index in [0.717, 1.165) is 0 Å². The zero-order valence-corrected chi connectivity index (χ0v) is 12.6. The molecule has 6 heteroatoms. The third-order valence-electron chi connectivity index (χ3n) is 3.18. The van der Waals surface area contributed by atoms with E-state index in [0.29, 0.717) is 29.4 Å². The number of hydrogen-bond donors (Lipinski definition) is 1. The summed E-state index contributed by atoms with van der Waals surface area (Å²) < 4.78 is 7.13. The average molecular weight is 308 g/mol. The summed E-state index contributed by atoms with van der Waals surface area (Å²) in [4.78, 5) is 16.6. The van der Waals surface area contributed by atoms with Crippen LogP contribution in [0.25, 0.3) is 5.82 Å². The van der Waals surface area contributed by atoms with Gasteiger partial charge in [0.15, 0.2) is 5.82 Å². The summed E-state index contributed by atoms with van der Waals surface area (Å²) in [6, 6.07) is 12.6. The second-order valence-electron chi connectivity index (χ2n) is 4.74. The zero-order chi connectivity index (χ0) is 16.1. The Hall–Kier alpha value is -3.15. The molecule has 0 saturated carbocycles. The number of para-hydroxylation sites is 2. The van der Waals surface area contributed by atoms with Crippen molar-refractivity contribution in [1.29, 1.82) is 0 Å². The summed E-state index contributed by atoms with van der Waals surface area (Å²) in [7, 11) is 0. The molecule has 116 valence electrons. The SMILES string of the molecule is CCOc1ccccc1NC(=O)c1ccc(-n2cccn2)nc1. The number of ether oxygens (including phenoxy) is 1. The van der Waals surface area contributed by atoms with E-state index in [2.05, 4.69) is 15.4 Å². The van der Waals surface area contributed by atoms with Gasteiger partial charge < -0.3 is 10.1 Å². The lowest BCUT2D eigenvalue weighted by Gasteiger charge is -2.11. The first-order chi connectivity index (χ1) is 11.3. The number of anilines is 1. The molecule has 23 heavy (non-hydrogen) atoms. The van der Waals surface area contributed by atoms with Crippen molar-refractivity contribution in [1.82, 2.24) is 14.8 Å². The molecule has 6 nitrogen and oxygen atoms in total. The lowest BCUT2D eigenvalue weighted by atomic mass is 10.2. The van der Waals surface area contributed by atoms with Crippen molar-refractivity contribution in [3.8, 4) is 11.6 Å². The molecule has 0 unspecified atom stereocenters. The highest BCUT2D eigenvalue weighted by Crippen LogP contribution is 2.24. The number of carbonyl (C=O) groups is 1. The molecule has 0 saturated heterocycles. The number of hydrogen-bond acceptors (Lipinski definition) is 4. The molecule has 0 aliphatic carbocycles. The molecule has 0 bridgehead atoms. The van der Waals surface area contributed by atoms with Crippen molar-refractivity contribution in [2.24, 2.45) is 0 Å². The summed E-state index contributed by atoms with van der Waals surface area (Å²) in [5, 5.41) is 6.94. The number of benzene rings is 1. The maximum atomic E-state index is 12.3. The van der Waals surface area contributed by atoms with Crippen molar-refractivity contribution >= 4 is 11.6 Å². The number of carbonyl (C=O) groups excluding carboxylic acids is 1. The van der Waals surface area contributed by atoms with Gasteiger partial charge in [-0.2, -0.15) is 5.10 Å². The molecule has 3 rings (SSSR count). The molecular formula is C17H16N4O2. The standard InChI is InChI=1S/C17H16N4O2/c1-2-23-15-7-4-3-6-14(15)20-17(22)13-8-9-16(18-12-13)21-11-5-10-19-21/h3-12H,2H2,1H3,(H,20,22). The number of aromatic nitrogens is 3. The van der Waals surface area contributed by atoms with Crippen molar-refractivity contribution in [3.63, 3.8) is 0 Å². The van der Waals surface area contributed by atoms with Crippen LogP contribution in [0, 0.1) is 0 Å². The summed E-state index contributed by atoms with van der Waals surface area (Å²) in [5.41, 5.74) is 1.10. The van der Waals surface area contributed by atoms with Gasteiger partial charge in [-0.05, 0) is 37.3 Å². The third-order valence-corrected chi connectivity index (χ3v) is 3.18. The molecule has 0 radical (unpaired) electrons. The summed E-state index contributed by atoms with van der Waals surface area (Å²) in [5.74, 6) is 1.06. The van der Waals surface area contributed by atoms with Crippen LogP contribution in [0.5, 0.6) is 5.75 Å². The molecule has 0 aliphatic rings. The van der Waals surface area contributed by atoms with E-state index in [4.69, 9.17) is 4.74 Å². The molecule has 2 heterocycles. The van der Waals surface area contributed by atoms with Crippen LogP contribution in [-0.2, 0) is 0 Å². The fourth-order valence-corrected chi connectivity index (χ4v) is 2.11. The minimum absolute atomic E-state index is 0.239. The molecular weight excluding hydrogens is 292 g/mol. The van der Waals surface area contributed by atoms with Gasteiger partial charge in [-0.25, -0.2) is 9.67 Å². The number of pyridine rings is 1. The quantitative estimate of drug-likeness (QED) is 0.787. The van der Waals surface area contributed by atoms with Crippen LogP contribution in [0.3, 0.4) is 0 Å². The first-order valence-corrected chi connectivity index (χ1v) is 7.27. The van der Waals surface area contributed by atoms with Crippen LogP contribution in [-0.4, -0.2) is 27.3 Å². The van der Waals surface area contributed by atoms with E-state index in [1.807, 2.05) is 31.2 Å². The highest BCUT2D eigenvalue weighted by Gasteiger charge is 2.10. The zero-order valence-electron chi connectivity index (χ0n) is 12.6. The van der Waals surface area contributed by atoms with Gasteiger partial charge in [0, 0.05) is 18.6 Å². The van der Waals surface area contributed by atoms with Crippen molar-refractivity contribution in [2.45, 2.75) is 6.92 Å². The van der Waals surface area contributed by atoms with Gasteiger partial charge in [0.05, 0.1) is 17.9 Å². The smallest absolute Gasteiger partial charge is 0.257 e. The summed E-state index contributed by atoms with van der Waals surface area (Å²) >= 11 is 0. The second-order valence-corrected chi connectivity index (χ2v) is 4.74. The normalized spacial score (nSPS) is 10.3. The fourth-order valence-electron chi connectivity index (χ4n) is 2.11. The van der Waals surface area contributed by atoms with Crippen LogP contribution in [0.4, 0.5) is 5.69 Å². The molecule has 0 atom stereocenters. The summed E-state index contributed by atoms with van der Waals surface area (Å²) in [6.07, 6.45) is 4.99. The van der Waals surface area contributed by atoms with Crippen molar-refractivity contribution < 1.29 is 9.53 Å². The largest absolute Gasteiger partial charge is 0.492 e. The molecule has 3 aromatic rings. The van der Waals surface area contributed by atoms with E-state index in [1.54, 1.807) is 35.3 Å². The van der Waals surface area contributed by atoms with E-state index in [9.17, 15) is 4.79 Å². The minimum atomic E-state index is -0.239. The molecule has 0 aliphatic heterocycles. The van der Waals surface area contributed by atoms with Crippen LogP contribution < -0.4 is 10.1 Å². The van der Waals surface area contributed by atoms with Crippen LogP contribution in [0.2, 0.25) is 0 Å². The lowest BCUT2D eigenvalue weighted by molar-refractivity contribution is 0.102. The Morgan fingerprint density at radius 3 is 2.78 bits per heavy atom. The van der Waals surface area contributed by atoms with Gasteiger partial charge >= 0.3 is 0 Å². The molecule has 1 amide bonds. The fraction of sp³-hybridized carbons (Fsp3) is 0.118. The van der Waals surface area contributed by atoms with Crippen LogP contribution in [0.1, 0.15) is 17.3 Å². The minimum Gasteiger partial charge on any atom is -0.492 e. The molecule has 1 N–H and O–H groups in total. The predicted molar refractivity (Wildman–Crippen MR) is 86.9 cm³/mol. The Labute approximate surface area is 133 Å². The van der Waals surface area contributed by atoms with Crippen molar-refractivity contribution in [2.75, 3.05) is 11.9 Å². The van der Waals surface area contributed by atoms with Crippen molar-refractivity contribution in [3.05, 3.63) is 66.6 Å². The van der Waals surface area contributed by atoms with Gasteiger partial charge in [0.2, 0.25) is 0 Å². The Kier molecular flexibility index (Phi) is 4.33. The number of nitrogens with one attached hydrogen (secondary N) is 1. The van der Waals surface area contributed by atoms with E-state index in [1.165, 1.54) is 6.20 Å². The van der Waals surface area contributed by atoms with Crippen LogP contribution >= 0.6 is 0 Å². The van der Waals surface area contributed by atoms with Gasteiger partial charge in [-0.1, -0.05) is 12.1 Å². The Bertz CT molecular complexity index is 783. The predicted octanol–water partition coefficient (Wildman–Crippen LogP) is 2.92. The number of rotatable bonds is 5. The number of amides is 1. The van der Waals surface area contributed by atoms with Crippen LogP contribution in [0.15, 0.2) is 61.1 Å². The average Bonchev–Trinajstić information content (AvgIpc) is 3.11.